The maximum atomic E-state index is 12.8. The number of hydrogen-bond donors (Lipinski definition) is 1. The second kappa shape index (κ2) is 4.76. The summed E-state index contributed by atoms with van der Waals surface area (Å²) in [5, 5.41) is 0. The summed E-state index contributed by atoms with van der Waals surface area (Å²) in [5.74, 6) is -0.245. The number of rotatable bonds is 2. The summed E-state index contributed by atoms with van der Waals surface area (Å²) in [5.41, 5.74) is 8.00. The van der Waals surface area contributed by atoms with E-state index in [1.807, 2.05) is 24.3 Å². The predicted octanol–water partition coefficient (Wildman–Crippen LogP) is 3.64. The van der Waals surface area contributed by atoms with Crippen LogP contribution in [0.5, 0.6) is 0 Å². The number of benzene rings is 2. The lowest BCUT2D eigenvalue weighted by Gasteiger charge is -2.12. The van der Waals surface area contributed by atoms with Crippen LogP contribution in [0.1, 0.15) is 17.2 Å². The van der Waals surface area contributed by atoms with E-state index in [2.05, 4.69) is 15.9 Å². The van der Waals surface area contributed by atoms with Gasteiger partial charge in [-0.3, -0.25) is 0 Å². The molecule has 2 rings (SSSR count). The van der Waals surface area contributed by atoms with Gasteiger partial charge in [0.05, 0.1) is 6.04 Å². The molecule has 0 saturated heterocycles. The van der Waals surface area contributed by atoms with Crippen LogP contribution < -0.4 is 5.73 Å². The highest BCUT2D eigenvalue weighted by Gasteiger charge is 2.08. The molecule has 1 nitrogen and oxygen atoms in total. The van der Waals surface area contributed by atoms with E-state index in [1.54, 1.807) is 12.1 Å². The molecule has 0 heterocycles. The molecule has 16 heavy (non-hydrogen) atoms. The van der Waals surface area contributed by atoms with Crippen molar-refractivity contribution in [3.8, 4) is 0 Å². The molecule has 1 unspecified atom stereocenters. The first-order valence-electron chi connectivity index (χ1n) is 4.93. The highest BCUT2D eigenvalue weighted by atomic mass is 79.9. The average Bonchev–Trinajstić information content (AvgIpc) is 2.29. The maximum Gasteiger partial charge on any atom is 0.123 e. The fraction of sp³-hybridized carbons (Fsp3) is 0.0769. The van der Waals surface area contributed by atoms with Crippen molar-refractivity contribution in [1.82, 2.24) is 0 Å². The van der Waals surface area contributed by atoms with Gasteiger partial charge in [-0.05, 0) is 35.4 Å². The van der Waals surface area contributed by atoms with Crippen molar-refractivity contribution in [1.29, 1.82) is 0 Å². The van der Waals surface area contributed by atoms with E-state index >= 15 is 0 Å². The van der Waals surface area contributed by atoms with Crippen LogP contribution in [0.2, 0.25) is 0 Å². The van der Waals surface area contributed by atoms with E-state index in [9.17, 15) is 4.39 Å². The SMILES string of the molecule is NC(c1ccc(F)cc1)c1cccc(Br)c1. The van der Waals surface area contributed by atoms with Gasteiger partial charge in [-0.1, -0.05) is 40.2 Å². The van der Waals surface area contributed by atoms with Gasteiger partial charge in [0.2, 0.25) is 0 Å². The van der Waals surface area contributed by atoms with Crippen LogP contribution >= 0.6 is 15.9 Å². The third kappa shape index (κ3) is 2.49. The molecule has 0 amide bonds. The van der Waals surface area contributed by atoms with Gasteiger partial charge in [0.15, 0.2) is 0 Å². The third-order valence-electron chi connectivity index (χ3n) is 2.44. The summed E-state index contributed by atoms with van der Waals surface area (Å²) in [6.45, 7) is 0. The Labute approximate surface area is 102 Å². The average molecular weight is 280 g/mol. The van der Waals surface area contributed by atoms with Crippen LogP contribution in [-0.4, -0.2) is 0 Å². The summed E-state index contributed by atoms with van der Waals surface area (Å²) in [7, 11) is 0. The molecular formula is C13H11BrFN. The van der Waals surface area contributed by atoms with Crippen LogP contribution in [-0.2, 0) is 0 Å². The van der Waals surface area contributed by atoms with E-state index < -0.39 is 0 Å². The number of nitrogens with two attached hydrogens (primary N) is 1. The van der Waals surface area contributed by atoms with E-state index in [4.69, 9.17) is 5.73 Å². The Kier molecular flexibility index (Phi) is 3.36. The summed E-state index contributed by atoms with van der Waals surface area (Å²) >= 11 is 3.40. The van der Waals surface area contributed by atoms with Crippen LogP contribution in [0.15, 0.2) is 53.0 Å². The lowest BCUT2D eigenvalue weighted by Crippen LogP contribution is -2.11. The molecule has 2 aromatic carbocycles. The lowest BCUT2D eigenvalue weighted by atomic mass is 10.00. The molecule has 2 N–H and O–H groups in total. The Bertz CT molecular complexity index is 482. The van der Waals surface area contributed by atoms with Gasteiger partial charge in [-0.2, -0.15) is 0 Å². The maximum absolute atomic E-state index is 12.8. The van der Waals surface area contributed by atoms with Crippen molar-refractivity contribution in [2.45, 2.75) is 6.04 Å². The smallest absolute Gasteiger partial charge is 0.123 e. The fourth-order valence-electron chi connectivity index (χ4n) is 1.56. The summed E-state index contributed by atoms with van der Waals surface area (Å²) < 4.78 is 13.8. The van der Waals surface area contributed by atoms with Crippen LogP contribution in [0.4, 0.5) is 4.39 Å². The van der Waals surface area contributed by atoms with Crippen LogP contribution in [0.25, 0.3) is 0 Å². The van der Waals surface area contributed by atoms with Gasteiger partial charge in [-0.15, -0.1) is 0 Å². The molecule has 0 spiro atoms. The molecule has 82 valence electrons. The largest absolute Gasteiger partial charge is 0.320 e. The van der Waals surface area contributed by atoms with Crippen LogP contribution in [0, 0.1) is 5.82 Å². The van der Waals surface area contributed by atoms with Crippen molar-refractivity contribution in [3.63, 3.8) is 0 Å². The number of hydrogen-bond acceptors (Lipinski definition) is 1. The Morgan fingerprint density at radius 1 is 1.00 bits per heavy atom. The van der Waals surface area contributed by atoms with Gasteiger partial charge in [0.25, 0.3) is 0 Å². The van der Waals surface area contributed by atoms with Crippen molar-refractivity contribution in [2.24, 2.45) is 5.73 Å². The molecular weight excluding hydrogens is 269 g/mol. The standard InChI is InChI=1S/C13H11BrFN/c14-11-3-1-2-10(8-11)13(16)9-4-6-12(15)7-5-9/h1-8,13H,16H2. The highest BCUT2D eigenvalue weighted by molar-refractivity contribution is 9.10. The van der Waals surface area contributed by atoms with E-state index in [1.165, 1.54) is 12.1 Å². The zero-order chi connectivity index (χ0) is 11.5. The van der Waals surface area contributed by atoms with Gasteiger partial charge in [0.1, 0.15) is 5.82 Å². The Morgan fingerprint density at radius 3 is 2.31 bits per heavy atom. The van der Waals surface area contributed by atoms with Crippen LogP contribution in [0.3, 0.4) is 0 Å². The third-order valence-corrected chi connectivity index (χ3v) is 2.93. The van der Waals surface area contributed by atoms with Gasteiger partial charge < -0.3 is 5.73 Å². The predicted molar refractivity (Wildman–Crippen MR) is 66.6 cm³/mol. The fourth-order valence-corrected chi connectivity index (χ4v) is 1.98. The first-order chi connectivity index (χ1) is 7.66. The molecule has 0 bridgehead atoms. The summed E-state index contributed by atoms with van der Waals surface area (Å²) in [6, 6.07) is 13.8. The normalized spacial score (nSPS) is 12.4. The van der Waals surface area contributed by atoms with E-state index in [0.717, 1.165) is 15.6 Å². The molecule has 2 aromatic rings. The molecule has 0 aliphatic heterocycles. The molecule has 0 radical (unpaired) electrons. The van der Waals surface area contributed by atoms with Gasteiger partial charge in [-0.25, -0.2) is 4.39 Å². The van der Waals surface area contributed by atoms with Crippen molar-refractivity contribution >= 4 is 15.9 Å². The quantitative estimate of drug-likeness (QED) is 0.893. The molecule has 3 heteroatoms. The summed E-state index contributed by atoms with van der Waals surface area (Å²) in [4.78, 5) is 0. The van der Waals surface area contributed by atoms with E-state index in [-0.39, 0.29) is 11.9 Å². The first kappa shape index (κ1) is 11.3. The number of halogens is 2. The molecule has 0 fully saturated rings. The second-order valence-corrected chi connectivity index (χ2v) is 4.50. The van der Waals surface area contributed by atoms with Gasteiger partial charge in [0, 0.05) is 4.47 Å². The monoisotopic (exact) mass is 279 g/mol. The summed E-state index contributed by atoms with van der Waals surface area (Å²) in [6.07, 6.45) is 0. The minimum Gasteiger partial charge on any atom is -0.320 e. The minimum absolute atomic E-state index is 0.224. The Hall–Kier alpha value is -1.19. The first-order valence-corrected chi connectivity index (χ1v) is 5.72. The minimum atomic E-state index is -0.245. The zero-order valence-electron chi connectivity index (χ0n) is 8.53. The van der Waals surface area contributed by atoms with Gasteiger partial charge >= 0.3 is 0 Å². The molecule has 0 aliphatic rings. The Balaban J connectivity index is 2.31. The zero-order valence-corrected chi connectivity index (χ0v) is 10.1. The van der Waals surface area contributed by atoms with E-state index in [0.29, 0.717) is 0 Å². The van der Waals surface area contributed by atoms with Crippen molar-refractivity contribution < 1.29 is 4.39 Å². The molecule has 1 atom stereocenters. The van der Waals surface area contributed by atoms with Crippen molar-refractivity contribution in [2.75, 3.05) is 0 Å². The highest BCUT2D eigenvalue weighted by Crippen LogP contribution is 2.22. The molecule has 0 aliphatic carbocycles. The molecule has 0 saturated carbocycles. The van der Waals surface area contributed by atoms with Crippen molar-refractivity contribution in [3.05, 3.63) is 69.9 Å². The second-order valence-electron chi connectivity index (χ2n) is 3.58. The lowest BCUT2D eigenvalue weighted by molar-refractivity contribution is 0.626. The molecule has 0 aromatic heterocycles. The Morgan fingerprint density at radius 2 is 1.69 bits per heavy atom. The topological polar surface area (TPSA) is 26.0 Å².